The minimum atomic E-state index is -0.0745. The van der Waals surface area contributed by atoms with Crippen molar-refractivity contribution in [1.29, 1.82) is 0 Å². The minimum absolute atomic E-state index is 0.0745. The molecular weight excluding hydrogens is 352 g/mol. The Hall–Kier alpha value is -2.30. The first-order valence-electron chi connectivity index (χ1n) is 10.5. The predicted molar refractivity (Wildman–Crippen MR) is 109 cm³/mol. The highest BCUT2D eigenvalue weighted by molar-refractivity contribution is 5.89. The zero-order valence-electron chi connectivity index (χ0n) is 17.1. The van der Waals surface area contributed by atoms with Gasteiger partial charge in [-0.05, 0) is 61.8 Å². The van der Waals surface area contributed by atoms with Crippen LogP contribution in [0.2, 0.25) is 0 Å². The fourth-order valence-corrected chi connectivity index (χ4v) is 4.24. The van der Waals surface area contributed by atoms with Crippen LogP contribution in [0.3, 0.4) is 0 Å². The largest absolute Gasteiger partial charge is 0.464 e. The van der Waals surface area contributed by atoms with Crippen LogP contribution in [0.1, 0.15) is 62.1 Å². The van der Waals surface area contributed by atoms with Crippen molar-refractivity contribution in [2.45, 2.75) is 64.8 Å². The van der Waals surface area contributed by atoms with Crippen LogP contribution in [0.4, 0.5) is 0 Å². The van der Waals surface area contributed by atoms with E-state index < -0.39 is 0 Å². The van der Waals surface area contributed by atoms with Gasteiger partial charge in [0.05, 0.1) is 18.6 Å². The van der Waals surface area contributed by atoms with Gasteiger partial charge in [0.25, 0.3) is 0 Å². The molecule has 1 aromatic carbocycles. The summed E-state index contributed by atoms with van der Waals surface area (Å²) in [7, 11) is 0. The molecule has 150 valence electrons. The predicted octanol–water partition coefficient (Wildman–Crippen LogP) is 3.92. The molecule has 4 rings (SSSR count). The summed E-state index contributed by atoms with van der Waals surface area (Å²) in [4.78, 5) is 27.2. The molecule has 2 heterocycles. The maximum Gasteiger partial charge on any atom is 0.227 e. The molecule has 0 radical (unpaired) electrons. The van der Waals surface area contributed by atoms with E-state index in [-0.39, 0.29) is 17.7 Å². The maximum atomic E-state index is 13.0. The summed E-state index contributed by atoms with van der Waals surface area (Å²) in [5, 5.41) is 4.11. The quantitative estimate of drug-likeness (QED) is 0.852. The van der Waals surface area contributed by atoms with Gasteiger partial charge in [0, 0.05) is 30.1 Å². The number of hydrogen-bond acceptors (Lipinski definition) is 3. The Kier molecular flexibility index (Phi) is 5.17. The fourth-order valence-electron chi connectivity index (χ4n) is 4.24. The van der Waals surface area contributed by atoms with Gasteiger partial charge < -0.3 is 14.6 Å². The third kappa shape index (κ3) is 3.94. The number of furan rings is 1. The highest BCUT2D eigenvalue weighted by atomic mass is 16.3. The van der Waals surface area contributed by atoms with Crippen molar-refractivity contribution < 1.29 is 14.0 Å². The Morgan fingerprint density at radius 1 is 1.25 bits per heavy atom. The second kappa shape index (κ2) is 7.61. The normalized spacial score (nSPS) is 20.0. The summed E-state index contributed by atoms with van der Waals surface area (Å²) >= 11 is 0. The number of carbonyl (C=O) groups excluding carboxylic acids is 2. The van der Waals surface area contributed by atoms with Gasteiger partial charge in [-0.1, -0.05) is 13.8 Å². The number of benzene rings is 1. The van der Waals surface area contributed by atoms with E-state index in [0.717, 1.165) is 48.8 Å². The van der Waals surface area contributed by atoms with Crippen LogP contribution in [0.5, 0.6) is 0 Å². The first-order chi connectivity index (χ1) is 13.4. The van der Waals surface area contributed by atoms with Crippen molar-refractivity contribution in [2.24, 2.45) is 5.92 Å². The number of fused-ring (bicyclic) bond motifs is 1. The third-order valence-corrected chi connectivity index (χ3v) is 6.07. The minimum Gasteiger partial charge on any atom is -0.464 e. The van der Waals surface area contributed by atoms with E-state index in [1.54, 1.807) is 6.26 Å². The smallest absolute Gasteiger partial charge is 0.227 e. The summed E-state index contributed by atoms with van der Waals surface area (Å²) in [5.74, 6) is 0.550. The molecule has 5 heteroatoms. The zero-order valence-corrected chi connectivity index (χ0v) is 17.1. The number of piperidine rings is 1. The lowest BCUT2D eigenvalue weighted by Gasteiger charge is -2.32. The second-order valence-electron chi connectivity index (χ2n) is 8.76. The summed E-state index contributed by atoms with van der Waals surface area (Å²) in [6.07, 6.45) is 5.97. The summed E-state index contributed by atoms with van der Waals surface area (Å²) in [5.41, 5.74) is 4.28. The summed E-state index contributed by atoms with van der Waals surface area (Å²) in [6, 6.07) is 4.61. The van der Waals surface area contributed by atoms with Crippen molar-refractivity contribution in [3.05, 3.63) is 35.1 Å². The van der Waals surface area contributed by atoms with Crippen molar-refractivity contribution in [2.75, 3.05) is 13.1 Å². The molecule has 1 aliphatic heterocycles. The molecule has 2 aliphatic rings. The zero-order chi connectivity index (χ0) is 19.8. The molecule has 2 amide bonds. The van der Waals surface area contributed by atoms with Gasteiger partial charge in [0.2, 0.25) is 11.8 Å². The molecule has 1 unspecified atom stereocenters. The fraction of sp³-hybridized carbons (Fsp3) is 0.565. The Balaban J connectivity index is 1.46. The molecule has 1 atom stereocenters. The van der Waals surface area contributed by atoms with E-state index in [1.165, 1.54) is 11.1 Å². The van der Waals surface area contributed by atoms with Crippen LogP contribution < -0.4 is 5.32 Å². The van der Waals surface area contributed by atoms with Gasteiger partial charge in [-0.2, -0.15) is 0 Å². The molecule has 28 heavy (non-hydrogen) atoms. The van der Waals surface area contributed by atoms with Crippen LogP contribution in [0.15, 0.2) is 22.8 Å². The molecule has 1 saturated carbocycles. The lowest BCUT2D eigenvalue weighted by Crippen LogP contribution is -2.46. The Morgan fingerprint density at radius 3 is 2.75 bits per heavy atom. The van der Waals surface area contributed by atoms with Gasteiger partial charge in [-0.25, -0.2) is 0 Å². The molecule has 1 saturated heterocycles. The van der Waals surface area contributed by atoms with E-state index in [1.807, 2.05) is 4.90 Å². The number of carbonyl (C=O) groups is 2. The van der Waals surface area contributed by atoms with Crippen molar-refractivity contribution in [3.63, 3.8) is 0 Å². The van der Waals surface area contributed by atoms with Gasteiger partial charge in [-0.3, -0.25) is 9.59 Å². The first-order valence-corrected chi connectivity index (χ1v) is 10.5. The van der Waals surface area contributed by atoms with Crippen molar-refractivity contribution >= 4 is 22.8 Å². The second-order valence-corrected chi connectivity index (χ2v) is 8.76. The van der Waals surface area contributed by atoms with Crippen LogP contribution in [-0.2, 0) is 16.0 Å². The molecule has 1 aliphatic carbocycles. The standard InChI is InChI=1S/C23H30N2O3/c1-14(2)19-11-20-17(13-28-21(20)9-15(19)3)10-22(26)25-8-4-5-16(12-25)23(27)24-18-6-7-18/h9,11,13-14,16,18H,4-8,10,12H2,1-3H3,(H,24,27). The first kappa shape index (κ1) is 19.0. The van der Waals surface area contributed by atoms with Gasteiger partial charge >= 0.3 is 0 Å². The van der Waals surface area contributed by atoms with E-state index in [2.05, 4.69) is 38.2 Å². The molecule has 5 nitrogen and oxygen atoms in total. The number of amides is 2. The highest BCUT2D eigenvalue weighted by Crippen LogP contribution is 2.30. The topological polar surface area (TPSA) is 62.6 Å². The SMILES string of the molecule is Cc1cc2occ(CC(=O)N3CCCC(C(=O)NC4CC4)C3)c2cc1C(C)C. The van der Waals surface area contributed by atoms with Crippen LogP contribution >= 0.6 is 0 Å². The van der Waals surface area contributed by atoms with Gasteiger partial charge in [0.1, 0.15) is 5.58 Å². The monoisotopic (exact) mass is 382 g/mol. The number of likely N-dealkylation sites (tertiary alicyclic amines) is 1. The Labute approximate surface area is 166 Å². The van der Waals surface area contributed by atoms with E-state index in [0.29, 0.717) is 24.9 Å². The molecule has 2 fully saturated rings. The average molecular weight is 383 g/mol. The van der Waals surface area contributed by atoms with Crippen LogP contribution in [0, 0.1) is 12.8 Å². The highest BCUT2D eigenvalue weighted by Gasteiger charge is 2.32. The third-order valence-electron chi connectivity index (χ3n) is 6.07. The lowest BCUT2D eigenvalue weighted by molar-refractivity contribution is -0.135. The lowest BCUT2D eigenvalue weighted by atomic mass is 9.94. The summed E-state index contributed by atoms with van der Waals surface area (Å²) < 4.78 is 5.73. The average Bonchev–Trinajstić information content (AvgIpc) is 3.41. The number of nitrogens with zero attached hydrogens (tertiary/aromatic N) is 1. The Morgan fingerprint density at radius 2 is 2.04 bits per heavy atom. The van der Waals surface area contributed by atoms with E-state index in [4.69, 9.17) is 4.42 Å². The summed E-state index contributed by atoms with van der Waals surface area (Å²) in [6.45, 7) is 7.73. The number of rotatable bonds is 5. The number of nitrogens with one attached hydrogen (secondary N) is 1. The van der Waals surface area contributed by atoms with Crippen molar-refractivity contribution in [3.8, 4) is 0 Å². The van der Waals surface area contributed by atoms with Gasteiger partial charge in [-0.15, -0.1) is 0 Å². The number of hydrogen-bond donors (Lipinski definition) is 1. The molecule has 1 aromatic heterocycles. The van der Waals surface area contributed by atoms with Crippen LogP contribution in [-0.4, -0.2) is 35.8 Å². The molecular formula is C23H30N2O3. The maximum absolute atomic E-state index is 13.0. The Bertz CT molecular complexity index is 895. The molecule has 0 bridgehead atoms. The van der Waals surface area contributed by atoms with Crippen LogP contribution in [0.25, 0.3) is 11.0 Å². The number of aryl methyl sites for hydroxylation is 1. The van der Waals surface area contributed by atoms with E-state index >= 15 is 0 Å². The van der Waals surface area contributed by atoms with E-state index in [9.17, 15) is 9.59 Å². The molecule has 0 spiro atoms. The van der Waals surface area contributed by atoms with Crippen molar-refractivity contribution in [1.82, 2.24) is 10.2 Å². The molecule has 2 aromatic rings. The molecule has 1 N–H and O–H groups in total. The van der Waals surface area contributed by atoms with Gasteiger partial charge in [0.15, 0.2) is 0 Å².